The minimum atomic E-state index is -1.11. The van der Waals surface area contributed by atoms with Crippen molar-refractivity contribution in [2.75, 3.05) is 0 Å². The Hall–Kier alpha value is -2.07. The largest absolute Gasteiger partial charge is 0.475 e. The van der Waals surface area contributed by atoms with Gasteiger partial charge in [-0.2, -0.15) is 0 Å². The minimum absolute atomic E-state index is 0.117. The van der Waals surface area contributed by atoms with E-state index in [2.05, 4.69) is 4.98 Å². The molecule has 2 aromatic heterocycles. The molecular formula is C12H6ClNO3. The van der Waals surface area contributed by atoms with Gasteiger partial charge in [0, 0.05) is 21.9 Å². The molecule has 1 aromatic carbocycles. The van der Waals surface area contributed by atoms with E-state index in [4.69, 9.17) is 21.1 Å². The molecule has 3 aromatic rings. The molecule has 5 heteroatoms. The fourth-order valence-corrected chi connectivity index (χ4v) is 1.87. The topological polar surface area (TPSA) is 63.3 Å². The van der Waals surface area contributed by atoms with Crippen LogP contribution in [0.2, 0.25) is 5.02 Å². The van der Waals surface area contributed by atoms with E-state index in [0.29, 0.717) is 21.6 Å². The number of hydrogen-bond donors (Lipinski definition) is 1. The van der Waals surface area contributed by atoms with E-state index in [1.165, 1.54) is 6.07 Å². The fraction of sp³-hybridized carbons (Fsp3) is 0. The Morgan fingerprint density at radius 1 is 1.24 bits per heavy atom. The molecule has 17 heavy (non-hydrogen) atoms. The van der Waals surface area contributed by atoms with Gasteiger partial charge >= 0.3 is 5.97 Å². The third-order valence-electron chi connectivity index (χ3n) is 2.48. The lowest BCUT2D eigenvalue weighted by atomic mass is 10.2. The summed E-state index contributed by atoms with van der Waals surface area (Å²) in [5, 5.41) is 11.0. The molecule has 84 valence electrons. The Balaban J connectivity index is 2.36. The zero-order valence-corrected chi connectivity index (χ0v) is 9.23. The van der Waals surface area contributed by atoms with Crippen LogP contribution in [0.3, 0.4) is 0 Å². The Morgan fingerprint density at radius 2 is 2.06 bits per heavy atom. The van der Waals surface area contributed by atoms with Crippen LogP contribution >= 0.6 is 11.6 Å². The highest BCUT2D eigenvalue weighted by atomic mass is 35.5. The highest BCUT2D eigenvalue weighted by Crippen LogP contribution is 2.24. The first-order chi connectivity index (χ1) is 8.13. The smallest absolute Gasteiger partial charge is 0.371 e. The Bertz CT molecular complexity index is 748. The van der Waals surface area contributed by atoms with Gasteiger partial charge in [-0.25, -0.2) is 9.78 Å². The minimum Gasteiger partial charge on any atom is -0.475 e. The monoisotopic (exact) mass is 247 g/mol. The number of hydrogen-bond acceptors (Lipinski definition) is 3. The third-order valence-corrected chi connectivity index (χ3v) is 2.71. The molecule has 0 aliphatic carbocycles. The number of rotatable bonds is 1. The van der Waals surface area contributed by atoms with Crippen molar-refractivity contribution in [3.63, 3.8) is 0 Å². The van der Waals surface area contributed by atoms with Crippen LogP contribution in [0.4, 0.5) is 0 Å². The first kappa shape index (κ1) is 10.1. The maximum absolute atomic E-state index is 10.8. The summed E-state index contributed by atoms with van der Waals surface area (Å²) in [5.41, 5.74) is 0.980. The molecule has 0 aliphatic rings. The van der Waals surface area contributed by atoms with E-state index in [1.54, 1.807) is 12.1 Å². The maximum atomic E-state index is 10.8. The molecule has 4 nitrogen and oxygen atoms in total. The summed E-state index contributed by atoms with van der Waals surface area (Å²) in [7, 11) is 0. The molecule has 0 bridgehead atoms. The molecule has 0 saturated carbocycles. The third kappa shape index (κ3) is 1.62. The number of aromatic carboxylic acids is 1. The molecule has 3 rings (SSSR count). The van der Waals surface area contributed by atoms with Crippen molar-refractivity contribution < 1.29 is 14.3 Å². The summed E-state index contributed by atoms with van der Waals surface area (Å²) in [6.07, 6.45) is 0. The molecule has 0 spiro atoms. The van der Waals surface area contributed by atoms with Crippen LogP contribution in [-0.4, -0.2) is 16.1 Å². The van der Waals surface area contributed by atoms with Gasteiger partial charge in [-0.05, 0) is 18.2 Å². The number of pyridine rings is 1. The first-order valence-corrected chi connectivity index (χ1v) is 5.24. The van der Waals surface area contributed by atoms with E-state index in [1.807, 2.05) is 12.1 Å². The van der Waals surface area contributed by atoms with Crippen molar-refractivity contribution in [3.05, 3.63) is 41.1 Å². The van der Waals surface area contributed by atoms with Gasteiger partial charge in [0.1, 0.15) is 0 Å². The maximum Gasteiger partial charge on any atom is 0.371 e. The van der Waals surface area contributed by atoms with Crippen LogP contribution in [0, 0.1) is 0 Å². The van der Waals surface area contributed by atoms with Gasteiger partial charge < -0.3 is 9.52 Å². The number of fused-ring (bicyclic) bond motifs is 2. The molecule has 0 fully saturated rings. The molecule has 2 heterocycles. The van der Waals surface area contributed by atoms with Crippen molar-refractivity contribution in [2.24, 2.45) is 0 Å². The zero-order valence-electron chi connectivity index (χ0n) is 8.48. The number of carbonyl (C=O) groups is 1. The second kappa shape index (κ2) is 3.46. The number of carboxylic acid groups (broad SMARTS) is 1. The number of nitrogens with zero attached hydrogens (tertiary/aromatic N) is 1. The van der Waals surface area contributed by atoms with Crippen LogP contribution < -0.4 is 0 Å². The molecule has 0 aliphatic heterocycles. The van der Waals surface area contributed by atoms with Crippen LogP contribution in [0.25, 0.3) is 22.0 Å². The molecule has 0 saturated heterocycles. The lowest BCUT2D eigenvalue weighted by molar-refractivity contribution is 0.0664. The van der Waals surface area contributed by atoms with E-state index >= 15 is 0 Å². The lowest BCUT2D eigenvalue weighted by Crippen LogP contribution is -1.91. The average Bonchev–Trinajstić information content (AvgIpc) is 2.68. The zero-order chi connectivity index (χ0) is 12.0. The van der Waals surface area contributed by atoms with Crippen LogP contribution in [-0.2, 0) is 0 Å². The van der Waals surface area contributed by atoms with Crippen LogP contribution in [0.1, 0.15) is 10.6 Å². The Kier molecular flexibility index (Phi) is 2.06. The quantitative estimate of drug-likeness (QED) is 0.716. The molecule has 1 N–H and O–H groups in total. The van der Waals surface area contributed by atoms with Crippen LogP contribution in [0.15, 0.2) is 34.7 Å². The van der Waals surface area contributed by atoms with Gasteiger partial charge in [0.2, 0.25) is 11.5 Å². The van der Waals surface area contributed by atoms with Gasteiger partial charge in [0.25, 0.3) is 0 Å². The van der Waals surface area contributed by atoms with Crippen molar-refractivity contribution in [1.29, 1.82) is 0 Å². The standard InChI is InChI=1S/C12H6ClNO3/c13-8-2-1-6-3-7-4-10(12(15)16)17-11(7)14-9(6)5-8/h1-5H,(H,15,16). The second-order valence-corrected chi connectivity index (χ2v) is 4.07. The molecule has 0 amide bonds. The van der Waals surface area contributed by atoms with E-state index in [0.717, 1.165) is 5.39 Å². The predicted octanol–water partition coefficient (Wildman–Crippen LogP) is 3.33. The number of halogens is 1. The summed E-state index contributed by atoms with van der Waals surface area (Å²) in [5.74, 6) is -1.22. The second-order valence-electron chi connectivity index (χ2n) is 3.64. The SMILES string of the molecule is O=C(O)c1cc2cc3ccc(Cl)cc3nc2o1. The van der Waals surface area contributed by atoms with E-state index in [9.17, 15) is 4.79 Å². The highest BCUT2D eigenvalue weighted by Gasteiger charge is 2.12. The van der Waals surface area contributed by atoms with E-state index < -0.39 is 5.97 Å². The van der Waals surface area contributed by atoms with E-state index in [-0.39, 0.29) is 5.76 Å². The van der Waals surface area contributed by atoms with Gasteiger partial charge in [0.15, 0.2) is 0 Å². The molecule has 0 radical (unpaired) electrons. The average molecular weight is 248 g/mol. The lowest BCUT2D eigenvalue weighted by Gasteiger charge is -1.97. The number of benzene rings is 1. The fourth-order valence-electron chi connectivity index (χ4n) is 1.70. The van der Waals surface area contributed by atoms with Crippen molar-refractivity contribution >= 4 is 39.6 Å². The summed E-state index contributed by atoms with van der Waals surface area (Å²) in [6.45, 7) is 0. The summed E-state index contributed by atoms with van der Waals surface area (Å²) < 4.78 is 5.12. The van der Waals surface area contributed by atoms with Crippen molar-refractivity contribution in [2.45, 2.75) is 0 Å². The normalized spacial score (nSPS) is 11.1. The van der Waals surface area contributed by atoms with Gasteiger partial charge in [-0.3, -0.25) is 0 Å². The van der Waals surface area contributed by atoms with Gasteiger partial charge in [0.05, 0.1) is 5.52 Å². The van der Waals surface area contributed by atoms with Crippen molar-refractivity contribution in [1.82, 2.24) is 4.98 Å². The summed E-state index contributed by atoms with van der Waals surface area (Å²) in [6, 6.07) is 8.58. The molecule has 0 atom stereocenters. The molecular weight excluding hydrogens is 242 g/mol. The Labute approximate surface area is 100 Å². The Morgan fingerprint density at radius 3 is 2.82 bits per heavy atom. The van der Waals surface area contributed by atoms with Gasteiger partial charge in [-0.15, -0.1) is 0 Å². The van der Waals surface area contributed by atoms with Gasteiger partial charge in [-0.1, -0.05) is 17.7 Å². The number of furan rings is 1. The van der Waals surface area contributed by atoms with Crippen molar-refractivity contribution in [3.8, 4) is 0 Å². The summed E-state index contributed by atoms with van der Waals surface area (Å²) >= 11 is 5.86. The predicted molar refractivity (Wildman–Crippen MR) is 63.5 cm³/mol. The highest BCUT2D eigenvalue weighted by molar-refractivity contribution is 6.31. The number of aromatic nitrogens is 1. The summed E-state index contributed by atoms with van der Waals surface area (Å²) in [4.78, 5) is 15.0. The first-order valence-electron chi connectivity index (χ1n) is 4.86. The van der Waals surface area contributed by atoms with Crippen LogP contribution in [0.5, 0.6) is 0 Å². The molecule has 0 unspecified atom stereocenters. The number of carboxylic acids is 1.